The van der Waals surface area contributed by atoms with E-state index in [4.69, 9.17) is 27.2 Å². The second-order valence-corrected chi connectivity index (χ2v) is 4.37. The summed E-state index contributed by atoms with van der Waals surface area (Å²) in [7, 11) is 0. The van der Waals surface area contributed by atoms with Gasteiger partial charge in [-0.05, 0) is 35.9 Å². The molecule has 4 nitrogen and oxygen atoms in total. The van der Waals surface area contributed by atoms with E-state index in [0.29, 0.717) is 27.8 Å². The molecule has 0 atom stereocenters. The van der Waals surface area contributed by atoms with E-state index in [1.54, 1.807) is 42.5 Å². The fourth-order valence-corrected chi connectivity index (χ4v) is 1.79. The zero-order valence-electron chi connectivity index (χ0n) is 9.97. The second-order valence-electron chi connectivity index (χ2n) is 3.96. The highest BCUT2D eigenvalue weighted by molar-refractivity contribution is 6.32. The summed E-state index contributed by atoms with van der Waals surface area (Å²) >= 11 is 5.99. The number of nitrogens with two attached hydrogens (primary N) is 1. The van der Waals surface area contributed by atoms with Crippen molar-refractivity contribution in [3.05, 3.63) is 53.1 Å². The number of nitrogen functional groups attached to an aromatic ring is 1. The minimum absolute atomic E-state index is 0.147. The van der Waals surface area contributed by atoms with Gasteiger partial charge in [-0.25, -0.2) is 0 Å². The largest absolute Gasteiger partial charge is 0.481 e. The van der Waals surface area contributed by atoms with Crippen LogP contribution < -0.4 is 10.5 Å². The lowest BCUT2D eigenvalue weighted by Crippen LogP contribution is -2.03. The lowest BCUT2D eigenvalue weighted by atomic mass is 10.1. The Labute approximate surface area is 115 Å². The van der Waals surface area contributed by atoms with Gasteiger partial charge in [0.05, 0.1) is 11.4 Å². The van der Waals surface area contributed by atoms with Gasteiger partial charge in [-0.2, -0.15) is 0 Å². The minimum Gasteiger partial charge on any atom is -0.481 e. The highest BCUT2D eigenvalue weighted by atomic mass is 35.5. The standard InChI is InChI=1S/C14H12ClNO3/c15-11-3-1-2-4-13(11)19-10-5-6-12(16)9(7-10)8-14(17)18/h1-7H,8,16H2,(H,17,18). The minimum atomic E-state index is -0.943. The maximum absolute atomic E-state index is 10.7. The van der Waals surface area contributed by atoms with E-state index in [-0.39, 0.29) is 6.42 Å². The number of carbonyl (C=O) groups is 1. The molecule has 98 valence electrons. The lowest BCUT2D eigenvalue weighted by Gasteiger charge is -2.10. The third-order valence-corrected chi connectivity index (χ3v) is 2.83. The first kappa shape index (κ1) is 13.2. The predicted octanol–water partition coefficient (Wildman–Crippen LogP) is 3.34. The van der Waals surface area contributed by atoms with E-state index in [9.17, 15) is 4.79 Å². The van der Waals surface area contributed by atoms with Crippen LogP contribution in [0.2, 0.25) is 5.02 Å². The van der Waals surface area contributed by atoms with Gasteiger partial charge in [0.2, 0.25) is 0 Å². The molecule has 0 fully saturated rings. The number of hydrogen-bond acceptors (Lipinski definition) is 3. The van der Waals surface area contributed by atoms with E-state index in [1.165, 1.54) is 0 Å². The number of hydrogen-bond donors (Lipinski definition) is 2. The molecular formula is C14H12ClNO3. The SMILES string of the molecule is Nc1ccc(Oc2ccccc2Cl)cc1CC(=O)O. The molecule has 0 aliphatic carbocycles. The first-order valence-corrected chi connectivity index (χ1v) is 5.96. The molecule has 0 heterocycles. The Hall–Kier alpha value is -2.20. The van der Waals surface area contributed by atoms with E-state index in [2.05, 4.69) is 0 Å². The number of carboxylic acid groups (broad SMARTS) is 1. The van der Waals surface area contributed by atoms with Gasteiger partial charge in [0, 0.05) is 5.69 Å². The first-order valence-electron chi connectivity index (χ1n) is 5.59. The van der Waals surface area contributed by atoms with Crippen molar-refractivity contribution in [2.45, 2.75) is 6.42 Å². The molecule has 2 aromatic rings. The Morgan fingerprint density at radius 2 is 2.00 bits per heavy atom. The van der Waals surface area contributed by atoms with Crippen LogP contribution >= 0.6 is 11.6 Å². The van der Waals surface area contributed by atoms with Gasteiger partial charge in [0.1, 0.15) is 11.5 Å². The van der Waals surface area contributed by atoms with Crippen LogP contribution in [0, 0.1) is 0 Å². The summed E-state index contributed by atoms with van der Waals surface area (Å²) in [5, 5.41) is 9.28. The molecule has 2 aromatic carbocycles. The van der Waals surface area contributed by atoms with E-state index in [1.807, 2.05) is 0 Å². The van der Waals surface area contributed by atoms with E-state index in [0.717, 1.165) is 0 Å². The fraction of sp³-hybridized carbons (Fsp3) is 0.0714. The molecule has 0 saturated heterocycles. The van der Waals surface area contributed by atoms with Gasteiger partial charge in [-0.3, -0.25) is 4.79 Å². The van der Waals surface area contributed by atoms with Crippen molar-refractivity contribution >= 4 is 23.3 Å². The molecule has 19 heavy (non-hydrogen) atoms. The van der Waals surface area contributed by atoms with Gasteiger partial charge in [0.25, 0.3) is 0 Å². The smallest absolute Gasteiger partial charge is 0.307 e. The maximum atomic E-state index is 10.7. The van der Waals surface area contributed by atoms with Crippen LogP contribution in [0.15, 0.2) is 42.5 Å². The third kappa shape index (κ3) is 3.39. The fourth-order valence-electron chi connectivity index (χ4n) is 1.62. The number of carboxylic acids is 1. The molecule has 0 aromatic heterocycles. The molecule has 0 bridgehead atoms. The molecular weight excluding hydrogens is 266 g/mol. The molecule has 0 unspecified atom stereocenters. The van der Waals surface area contributed by atoms with Gasteiger partial charge >= 0.3 is 5.97 Å². The summed E-state index contributed by atoms with van der Waals surface area (Å²) in [5.74, 6) is 0.0651. The van der Waals surface area contributed by atoms with Gasteiger partial charge < -0.3 is 15.6 Å². The Balaban J connectivity index is 2.26. The number of benzene rings is 2. The predicted molar refractivity (Wildman–Crippen MR) is 73.7 cm³/mol. The molecule has 0 aliphatic heterocycles. The summed E-state index contributed by atoms with van der Waals surface area (Å²) < 4.78 is 5.61. The lowest BCUT2D eigenvalue weighted by molar-refractivity contribution is -0.136. The van der Waals surface area contributed by atoms with Crippen LogP contribution in [0.4, 0.5) is 5.69 Å². The van der Waals surface area contributed by atoms with Crippen LogP contribution in [-0.4, -0.2) is 11.1 Å². The molecule has 0 amide bonds. The number of ether oxygens (including phenoxy) is 1. The van der Waals surface area contributed by atoms with Crippen LogP contribution in [0.3, 0.4) is 0 Å². The molecule has 3 N–H and O–H groups in total. The van der Waals surface area contributed by atoms with Crippen molar-refractivity contribution in [1.82, 2.24) is 0 Å². The Morgan fingerprint density at radius 1 is 1.26 bits per heavy atom. The van der Waals surface area contributed by atoms with Crippen molar-refractivity contribution < 1.29 is 14.6 Å². The first-order chi connectivity index (χ1) is 9.06. The average molecular weight is 278 g/mol. The van der Waals surface area contributed by atoms with Crippen molar-refractivity contribution in [3.8, 4) is 11.5 Å². The highest BCUT2D eigenvalue weighted by Gasteiger charge is 2.08. The summed E-state index contributed by atoms with van der Waals surface area (Å²) in [6.45, 7) is 0. The van der Waals surface area contributed by atoms with Gasteiger partial charge in [-0.15, -0.1) is 0 Å². The van der Waals surface area contributed by atoms with Crippen molar-refractivity contribution in [1.29, 1.82) is 0 Å². The van der Waals surface area contributed by atoms with Crippen molar-refractivity contribution in [3.63, 3.8) is 0 Å². The number of para-hydroxylation sites is 1. The van der Waals surface area contributed by atoms with Gasteiger partial charge in [0.15, 0.2) is 0 Å². The Kier molecular flexibility index (Phi) is 3.92. The monoisotopic (exact) mass is 277 g/mol. The molecule has 2 rings (SSSR count). The zero-order chi connectivity index (χ0) is 13.8. The molecule has 0 spiro atoms. The molecule has 0 aliphatic rings. The Morgan fingerprint density at radius 3 is 2.68 bits per heavy atom. The normalized spacial score (nSPS) is 10.2. The van der Waals surface area contributed by atoms with Crippen LogP contribution in [0.25, 0.3) is 0 Å². The number of rotatable bonds is 4. The molecule has 0 saturated carbocycles. The topological polar surface area (TPSA) is 72.5 Å². The quantitative estimate of drug-likeness (QED) is 0.841. The number of aliphatic carboxylic acids is 1. The van der Waals surface area contributed by atoms with Crippen molar-refractivity contribution in [2.75, 3.05) is 5.73 Å². The molecule has 0 radical (unpaired) electrons. The van der Waals surface area contributed by atoms with Crippen LogP contribution in [-0.2, 0) is 11.2 Å². The summed E-state index contributed by atoms with van der Waals surface area (Å²) in [5.41, 5.74) is 6.65. The highest BCUT2D eigenvalue weighted by Crippen LogP contribution is 2.30. The summed E-state index contributed by atoms with van der Waals surface area (Å²) in [6.07, 6.45) is -0.147. The average Bonchev–Trinajstić information content (AvgIpc) is 2.35. The number of halogens is 1. The van der Waals surface area contributed by atoms with Crippen molar-refractivity contribution in [2.24, 2.45) is 0 Å². The zero-order valence-corrected chi connectivity index (χ0v) is 10.7. The number of anilines is 1. The third-order valence-electron chi connectivity index (χ3n) is 2.52. The Bertz CT molecular complexity index is 613. The van der Waals surface area contributed by atoms with Crippen LogP contribution in [0.5, 0.6) is 11.5 Å². The van der Waals surface area contributed by atoms with E-state index >= 15 is 0 Å². The van der Waals surface area contributed by atoms with E-state index < -0.39 is 5.97 Å². The molecule has 5 heteroatoms. The second kappa shape index (κ2) is 5.63. The maximum Gasteiger partial charge on any atom is 0.307 e. The summed E-state index contributed by atoms with van der Waals surface area (Å²) in [4.78, 5) is 10.7. The van der Waals surface area contributed by atoms with Gasteiger partial charge in [-0.1, -0.05) is 23.7 Å². The summed E-state index contributed by atoms with van der Waals surface area (Å²) in [6, 6.07) is 11.9. The van der Waals surface area contributed by atoms with Crippen LogP contribution in [0.1, 0.15) is 5.56 Å².